The van der Waals surface area contributed by atoms with Crippen molar-refractivity contribution < 1.29 is 9.18 Å². The highest BCUT2D eigenvalue weighted by Gasteiger charge is 2.23. The molecule has 0 fully saturated rings. The molecule has 0 aliphatic rings. The molecule has 0 saturated carbocycles. The van der Waals surface area contributed by atoms with E-state index in [4.69, 9.17) is 16.7 Å². The largest absolute Gasteiger partial charge is 0.333 e. The number of aromatic nitrogens is 2. The summed E-state index contributed by atoms with van der Waals surface area (Å²) in [5, 5.41) is 5.34. The summed E-state index contributed by atoms with van der Waals surface area (Å²) in [4.78, 5) is 16.0. The third-order valence-corrected chi connectivity index (χ3v) is 6.41. The maximum Gasteiger partial charge on any atom is 0.272 e. The zero-order valence-corrected chi connectivity index (χ0v) is 20.9. The number of carbonyl (C=O) groups excluding carboxylic acids is 1. The molecule has 1 amide bonds. The van der Waals surface area contributed by atoms with Gasteiger partial charge in [-0.1, -0.05) is 72.3 Å². The van der Waals surface area contributed by atoms with E-state index in [0.29, 0.717) is 35.2 Å². The Labute approximate surface area is 220 Å². The van der Waals surface area contributed by atoms with Crippen molar-refractivity contribution in [2.24, 2.45) is 0 Å². The zero-order valence-electron chi connectivity index (χ0n) is 20.1. The molecule has 184 valence electrons. The SMILES string of the molecule is O=C(c1cc(-c2ccc(F)cc2)nn1-c1ccc(Cl)cc1)N(CCc1ccccc1)Cc1ccccc1. The Kier molecular flexibility index (Phi) is 7.43. The Bertz CT molecular complexity index is 1470. The van der Waals surface area contributed by atoms with Crippen LogP contribution in [0.4, 0.5) is 4.39 Å². The summed E-state index contributed by atoms with van der Waals surface area (Å²) in [6.07, 6.45) is 0.722. The average molecular weight is 510 g/mol. The first-order chi connectivity index (χ1) is 18.1. The molecule has 0 atom stereocenters. The van der Waals surface area contributed by atoms with Gasteiger partial charge >= 0.3 is 0 Å². The minimum atomic E-state index is -0.327. The predicted molar refractivity (Wildman–Crippen MR) is 145 cm³/mol. The van der Waals surface area contributed by atoms with E-state index in [2.05, 4.69) is 12.1 Å². The van der Waals surface area contributed by atoms with Gasteiger partial charge in [-0.3, -0.25) is 4.79 Å². The second kappa shape index (κ2) is 11.2. The van der Waals surface area contributed by atoms with Crippen LogP contribution in [0.3, 0.4) is 0 Å². The highest BCUT2D eigenvalue weighted by atomic mass is 35.5. The van der Waals surface area contributed by atoms with E-state index in [1.54, 1.807) is 35.0 Å². The van der Waals surface area contributed by atoms with E-state index in [1.165, 1.54) is 12.1 Å². The molecule has 0 N–H and O–H groups in total. The van der Waals surface area contributed by atoms with Crippen molar-refractivity contribution >= 4 is 17.5 Å². The van der Waals surface area contributed by atoms with Crippen LogP contribution in [-0.4, -0.2) is 27.1 Å². The number of hydrogen-bond acceptors (Lipinski definition) is 2. The molecule has 0 radical (unpaired) electrons. The van der Waals surface area contributed by atoms with Crippen LogP contribution >= 0.6 is 11.6 Å². The van der Waals surface area contributed by atoms with Crippen LogP contribution in [0.25, 0.3) is 16.9 Å². The van der Waals surface area contributed by atoms with Crippen LogP contribution in [0, 0.1) is 5.82 Å². The number of halogens is 2. The molecule has 4 aromatic carbocycles. The average Bonchev–Trinajstić information content (AvgIpc) is 3.38. The number of amides is 1. The minimum absolute atomic E-state index is 0.143. The van der Waals surface area contributed by atoms with Gasteiger partial charge in [0.2, 0.25) is 0 Å². The first-order valence-electron chi connectivity index (χ1n) is 12.1. The highest BCUT2D eigenvalue weighted by Crippen LogP contribution is 2.25. The third kappa shape index (κ3) is 5.96. The van der Waals surface area contributed by atoms with Crippen LogP contribution < -0.4 is 0 Å². The molecule has 0 bridgehead atoms. The van der Waals surface area contributed by atoms with E-state index in [9.17, 15) is 9.18 Å². The van der Waals surface area contributed by atoms with Gasteiger partial charge in [0.25, 0.3) is 5.91 Å². The Morgan fingerprint density at radius 3 is 2.08 bits per heavy atom. The molecule has 0 aliphatic carbocycles. The van der Waals surface area contributed by atoms with Crippen molar-refractivity contribution in [3.8, 4) is 16.9 Å². The fourth-order valence-electron chi connectivity index (χ4n) is 4.20. The standard InChI is InChI=1S/C31H25ClFN3O/c32-26-13-17-28(18-14-26)36-30(21-29(34-36)25-11-15-27(33)16-12-25)31(37)35(22-24-9-5-2-6-10-24)20-19-23-7-3-1-4-8-23/h1-18,21H,19-20,22H2. The quantitative estimate of drug-likeness (QED) is 0.221. The van der Waals surface area contributed by atoms with Gasteiger partial charge in [-0.15, -0.1) is 0 Å². The van der Waals surface area contributed by atoms with Crippen molar-refractivity contribution in [1.29, 1.82) is 0 Å². The van der Waals surface area contributed by atoms with Crippen molar-refractivity contribution in [3.63, 3.8) is 0 Å². The number of nitrogens with zero attached hydrogens (tertiary/aromatic N) is 3. The molecular formula is C31H25ClFN3O. The monoisotopic (exact) mass is 509 g/mol. The van der Waals surface area contributed by atoms with Gasteiger partial charge in [-0.05, 0) is 72.1 Å². The molecule has 5 rings (SSSR count). The summed E-state index contributed by atoms with van der Waals surface area (Å²) in [5.74, 6) is -0.470. The number of carbonyl (C=O) groups is 1. The summed E-state index contributed by atoms with van der Waals surface area (Å²) >= 11 is 6.12. The van der Waals surface area contributed by atoms with E-state index in [0.717, 1.165) is 23.1 Å². The smallest absolute Gasteiger partial charge is 0.272 e. The molecule has 0 aliphatic heterocycles. The van der Waals surface area contributed by atoms with Gasteiger partial charge in [-0.25, -0.2) is 9.07 Å². The lowest BCUT2D eigenvalue weighted by Crippen LogP contribution is -2.34. The first-order valence-corrected chi connectivity index (χ1v) is 12.4. The topological polar surface area (TPSA) is 38.1 Å². The van der Waals surface area contributed by atoms with Crippen molar-refractivity contribution in [3.05, 3.63) is 143 Å². The maximum atomic E-state index is 14.1. The molecule has 5 aromatic rings. The van der Waals surface area contributed by atoms with Crippen molar-refractivity contribution in [1.82, 2.24) is 14.7 Å². The number of benzene rings is 4. The van der Waals surface area contributed by atoms with Crippen LogP contribution in [0.15, 0.2) is 115 Å². The van der Waals surface area contributed by atoms with E-state index in [-0.39, 0.29) is 11.7 Å². The van der Waals surface area contributed by atoms with Crippen LogP contribution in [0.2, 0.25) is 5.02 Å². The van der Waals surface area contributed by atoms with Crippen LogP contribution in [0.5, 0.6) is 0 Å². The molecule has 1 aromatic heterocycles. The summed E-state index contributed by atoms with van der Waals surface area (Å²) in [5.41, 5.74) is 4.64. The van der Waals surface area contributed by atoms with E-state index < -0.39 is 0 Å². The lowest BCUT2D eigenvalue weighted by Gasteiger charge is -2.23. The van der Waals surface area contributed by atoms with Gasteiger partial charge in [0.05, 0.1) is 11.4 Å². The lowest BCUT2D eigenvalue weighted by atomic mass is 10.1. The second-order valence-corrected chi connectivity index (χ2v) is 9.19. The predicted octanol–water partition coefficient (Wildman–Crippen LogP) is 7.22. The molecule has 0 unspecified atom stereocenters. The van der Waals surface area contributed by atoms with Gasteiger partial charge in [0, 0.05) is 23.7 Å². The van der Waals surface area contributed by atoms with Crippen molar-refractivity contribution in [2.75, 3.05) is 6.54 Å². The minimum Gasteiger partial charge on any atom is -0.333 e. The number of hydrogen-bond donors (Lipinski definition) is 0. The fraction of sp³-hybridized carbons (Fsp3) is 0.0968. The Balaban J connectivity index is 1.54. The highest BCUT2D eigenvalue weighted by molar-refractivity contribution is 6.30. The molecule has 0 spiro atoms. The molecule has 0 saturated heterocycles. The first kappa shape index (κ1) is 24.5. The molecule has 1 heterocycles. The molecule has 4 nitrogen and oxygen atoms in total. The van der Waals surface area contributed by atoms with Crippen molar-refractivity contribution in [2.45, 2.75) is 13.0 Å². The van der Waals surface area contributed by atoms with Gasteiger partial charge in [0.1, 0.15) is 11.5 Å². The van der Waals surface area contributed by atoms with Gasteiger partial charge in [-0.2, -0.15) is 5.10 Å². The lowest BCUT2D eigenvalue weighted by molar-refractivity contribution is 0.0736. The summed E-state index contributed by atoms with van der Waals surface area (Å²) < 4.78 is 15.2. The fourth-order valence-corrected chi connectivity index (χ4v) is 4.33. The Morgan fingerprint density at radius 1 is 0.811 bits per heavy atom. The number of rotatable bonds is 8. The van der Waals surface area contributed by atoms with E-state index >= 15 is 0 Å². The molecule has 6 heteroatoms. The Morgan fingerprint density at radius 2 is 1.43 bits per heavy atom. The zero-order chi connectivity index (χ0) is 25.6. The summed E-state index contributed by atoms with van der Waals surface area (Å²) in [6, 6.07) is 35.1. The van der Waals surface area contributed by atoms with E-state index in [1.807, 2.05) is 65.6 Å². The van der Waals surface area contributed by atoms with Crippen LogP contribution in [0.1, 0.15) is 21.6 Å². The van der Waals surface area contributed by atoms with Gasteiger partial charge in [0.15, 0.2) is 0 Å². The second-order valence-electron chi connectivity index (χ2n) is 8.76. The summed E-state index contributed by atoms with van der Waals surface area (Å²) in [7, 11) is 0. The molecule has 37 heavy (non-hydrogen) atoms. The Hall–Kier alpha value is -4.22. The molecular weight excluding hydrogens is 485 g/mol. The maximum absolute atomic E-state index is 14.1. The normalized spacial score (nSPS) is 10.9. The third-order valence-electron chi connectivity index (χ3n) is 6.16. The van der Waals surface area contributed by atoms with Crippen LogP contribution in [-0.2, 0) is 13.0 Å². The summed E-state index contributed by atoms with van der Waals surface area (Å²) in [6.45, 7) is 1.000. The van der Waals surface area contributed by atoms with Gasteiger partial charge < -0.3 is 4.90 Å².